The number of alkyl halides is 1. The average Bonchev–Trinajstić information content (AvgIpc) is 2.76. The summed E-state index contributed by atoms with van der Waals surface area (Å²) in [6, 6.07) is 0.714. The van der Waals surface area contributed by atoms with Gasteiger partial charge in [-0.3, -0.25) is 4.79 Å². The van der Waals surface area contributed by atoms with Crippen LogP contribution in [0.3, 0.4) is 0 Å². The molecule has 0 aromatic heterocycles. The predicted molar refractivity (Wildman–Crippen MR) is 71.6 cm³/mol. The fourth-order valence-electron chi connectivity index (χ4n) is 2.22. The Morgan fingerprint density at radius 1 is 1.33 bits per heavy atom. The molecule has 1 amide bonds. The highest BCUT2D eigenvalue weighted by Gasteiger charge is 2.37. The van der Waals surface area contributed by atoms with E-state index in [0.29, 0.717) is 24.3 Å². The van der Waals surface area contributed by atoms with Crippen LogP contribution in [-0.2, 0) is 18.1 Å². The molecule has 0 aromatic carbocycles. The Labute approximate surface area is 115 Å². The first-order valence-corrected chi connectivity index (χ1v) is 8.56. The van der Waals surface area contributed by atoms with Crippen molar-refractivity contribution < 1.29 is 18.1 Å². The first kappa shape index (κ1) is 15.9. The highest BCUT2D eigenvalue weighted by atomic mass is 35.5. The Morgan fingerprint density at radius 2 is 1.94 bits per heavy atom. The Balaban J connectivity index is 2.35. The Bertz CT molecular complexity index is 268. The van der Waals surface area contributed by atoms with Crippen LogP contribution >= 0.6 is 11.6 Å². The van der Waals surface area contributed by atoms with Gasteiger partial charge in [0.25, 0.3) is 0 Å². The van der Waals surface area contributed by atoms with Crippen LogP contribution in [0.5, 0.6) is 0 Å². The van der Waals surface area contributed by atoms with E-state index in [1.807, 2.05) is 4.90 Å². The summed E-state index contributed by atoms with van der Waals surface area (Å²) in [6.45, 7) is 1.49. The molecule has 1 unspecified atom stereocenters. The Hall–Kier alpha value is -0.143. The number of nitrogens with zero attached hydrogens (tertiary/aromatic N) is 1. The van der Waals surface area contributed by atoms with Crippen LogP contribution in [0, 0.1) is 5.92 Å². The summed E-state index contributed by atoms with van der Waals surface area (Å²) in [5.74, 6) is 1.04. The van der Waals surface area contributed by atoms with Gasteiger partial charge in [0.2, 0.25) is 5.91 Å². The molecule has 5 nitrogen and oxygen atoms in total. The number of likely N-dealkylation sites (tertiary alicyclic amines) is 1. The van der Waals surface area contributed by atoms with Crippen molar-refractivity contribution in [1.82, 2.24) is 4.90 Å². The highest BCUT2D eigenvalue weighted by Crippen LogP contribution is 2.21. The summed E-state index contributed by atoms with van der Waals surface area (Å²) < 4.78 is 16.0. The summed E-state index contributed by atoms with van der Waals surface area (Å²) in [5, 5.41) is 0. The average molecular weight is 296 g/mol. The zero-order valence-electron chi connectivity index (χ0n) is 11.3. The van der Waals surface area contributed by atoms with E-state index in [1.165, 1.54) is 0 Å². The molecule has 0 aliphatic carbocycles. The van der Waals surface area contributed by atoms with Crippen LogP contribution in [0.15, 0.2) is 0 Å². The van der Waals surface area contributed by atoms with Crippen molar-refractivity contribution in [3.05, 3.63) is 0 Å². The van der Waals surface area contributed by atoms with Gasteiger partial charge in [-0.15, -0.1) is 11.6 Å². The standard InChI is InChI=1S/C11H22ClNO4Si/c1-15-18(16-2,17-3)6-4-5-13-9-10(8-12)7-11(13)14/h10H,4-9H2,1-3H3. The van der Waals surface area contributed by atoms with Crippen LogP contribution < -0.4 is 0 Å². The van der Waals surface area contributed by atoms with Gasteiger partial charge in [-0.2, -0.15) is 0 Å². The molecule has 0 N–H and O–H groups in total. The summed E-state index contributed by atoms with van der Waals surface area (Å²) in [7, 11) is 2.30. The van der Waals surface area contributed by atoms with Crippen LogP contribution in [0.2, 0.25) is 6.04 Å². The maximum absolute atomic E-state index is 11.7. The predicted octanol–water partition coefficient (Wildman–Crippen LogP) is 1.34. The molecular formula is C11H22ClNO4Si. The maximum atomic E-state index is 11.7. The lowest BCUT2D eigenvalue weighted by atomic mass is 10.1. The molecule has 1 aliphatic heterocycles. The van der Waals surface area contributed by atoms with Crippen molar-refractivity contribution in [3.63, 3.8) is 0 Å². The molecule has 0 saturated carbocycles. The lowest BCUT2D eigenvalue weighted by Gasteiger charge is -2.25. The monoisotopic (exact) mass is 295 g/mol. The molecule has 1 fully saturated rings. The van der Waals surface area contributed by atoms with Gasteiger partial charge in [-0.25, -0.2) is 0 Å². The molecule has 18 heavy (non-hydrogen) atoms. The fourth-order valence-corrected chi connectivity index (χ4v) is 4.13. The van der Waals surface area contributed by atoms with Gasteiger partial charge in [-0.05, 0) is 12.3 Å². The van der Waals surface area contributed by atoms with Gasteiger partial charge in [0.05, 0.1) is 0 Å². The number of carbonyl (C=O) groups excluding carboxylic acids is 1. The van der Waals surface area contributed by atoms with Crippen LogP contribution in [-0.4, -0.2) is 59.9 Å². The van der Waals surface area contributed by atoms with Crippen molar-refractivity contribution in [3.8, 4) is 0 Å². The first-order valence-electron chi connectivity index (χ1n) is 6.10. The van der Waals surface area contributed by atoms with Crippen LogP contribution in [0.25, 0.3) is 0 Å². The second kappa shape index (κ2) is 7.45. The smallest absolute Gasteiger partial charge is 0.377 e. The zero-order valence-corrected chi connectivity index (χ0v) is 13.0. The van der Waals surface area contributed by atoms with Crippen molar-refractivity contribution >= 4 is 26.3 Å². The summed E-state index contributed by atoms with van der Waals surface area (Å²) in [5.41, 5.74) is 0. The molecule has 0 spiro atoms. The molecule has 0 radical (unpaired) electrons. The maximum Gasteiger partial charge on any atom is 0.500 e. The molecule has 1 saturated heterocycles. The minimum Gasteiger partial charge on any atom is -0.377 e. The summed E-state index contributed by atoms with van der Waals surface area (Å²) in [6.07, 6.45) is 1.40. The second-order valence-electron chi connectivity index (χ2n) is 4.46. The number of amides is 1. The Kier molecular flexibility index (Phi) is 6.58. The second-order valence-corrected chi connectivity index (χ2v) is 7.86. The lowest BCUT2D eigenvalue weighted by molar-refractivity contribution is -0.127. The van der Waals surface area contributed by atoms with E-state index < -0.39 is 8.80 Å². The van der Waals surface area contributed by atoms with Gasteiger partial charge in [-0.1, -0.05) is 0 Å². The minimum absolute atomic E-state index is 0.195. The van der Waals surface area contributed by atoms with Crippen molar-refractivity contribution in [1.29, 1.82) is 0 Å². The lowest BCUT2D eigenvalue weighted by Crippen LogP contribution is -2.43. The van der Waals surface area contributed by atoms with E-state index in [1.54, 1.807) is 21.3 Å². The van der Waals surface area contributed by atoms with E-state index in [2.05, 4.69) is 0 Å². The summed E-state index contributed by atoms with van der Waals surface area (Å²) in [4.78, 5) is 13.6. The topological polar surface area (TPSA) is 48.0 Å². The summed E-state index contributed by atoms with van der Waals surface area (Å²) >= 11 is 5.78. The number of carbonyl (C=O) groups is 1. The van der Waals surface area contributed by atoms with Gasteiger partial charge in [0.15, 0.2) is 0 Å². The fraction of sp³-hybridized carbons (Fsp3) is 0.909. The number of rotatable bonds is 8. The van der Waals surface area contributed by atoms with Crippen molar-refractivity contribution in [2.75, 3.05) is 40.3 Å². The largest absolute Gasteiger partial charge is 0.500 e. The normalized spacial score (nSPS) is 20.8. The third-order valence-electron chi connectivity index (χ3n) is 3.36. The van der Waals surface area contributed by atoms with Crippen molar-refractivity contribution in [2.45, 2.75) is 18.9 Å². The third-order valence-corrected chi connectivity index (χ3v) is 6.63. The van der Waals surface area contributed by atoms with E-state index >= 15 is 0 Å². The molecule has 7 heteroatoms. The quantitative estimate of drug-likeness (QED) is 0.501. The molecular weight excluding hydrogens is 274 g/mol. The molecule has 1 rings (SSSR count). The van der Waals surface area contributed by atoms with Gasteiger partial charge < -0.3 is 18.2 Å². The van der Waals surface area contributed by atoms with Gasteiger partial charge in [0, 0.05) is 52.8 Å². The Morgan fingerprint density at radius 3 is 2.39 bits per heavy atom. The third kappa shape index (κ3) is 3.93. The molecule has 1 atom stereocenters. The zero-order chi connectivity index (χ0) is 13.6. The molecule has 1 aliphatic rings. The number of halogens is 1. The molecule has 106 valence electrons. The van der Waals surface area contributed by atoms with Gasteiger partial charge >= 0.3 is 8.80 Å². The molecule has 1 heterocycles. The van der Waals surface area contributed by atoms with Crippen molar-refractivity contribution in [2.24, 2.45) is 5.92 Å². The van der Waals surface area contributed by atoms with E-state index in [-0.39, 0.29) is 5.91 Å². The number of hydrogen-bond donors (Lipinski definition) is 0. The van der Waals surface area contributed by atoms with Gasteiger partial charge in [0.1, 0.15) is 0 Å². The van der Waals surface area contributed by atoms with Crippen LogP contribution in [0.1, 0.15) is 12.8 Å². The SMILES string of the molecule is CO[Si](CCCN1CC(CCl)CC1=O)(OC)OC. The number of hydrogen-bond acceptors (Lipinski definition) is 4. The van der Waals surface area contributed by atoms with E-state index in [0.717, 1.165) is 19.5 Å². The first-order chi connectivity index (χ1) is 8.60. The van der Waals surface area contributed by atoms with E-state index in [9.17, 15) is 4.79 Å². The molecule has 0 bridgehead atoms. The van der Waals surface area contributed by atoms with E-state index in [4.69, 9.17) is 24.9 Å². The molecule has 0 aromatic rings. The van der Waals surface area contributed by atoms with Crippen LogP contribution in [0.4, 0.5) is 0 Å². The highest BCUT2D eigenvalue weighted by molar-refractivity contribution is 6.60. The minimum atomic E-state index is -2.50.